The lowest BCUT2D eigenvalue weighted by Gasteiger charge is -2.13. The molecule has 9 heteroatoms. The van der Waals surface area contributed by atoms with Crippen LogP contribution in [0, 0.1) is 5.82 Å². The van der Waals surface area contributed by atoms with Gasteiger partial charge >= 0.3 is 12.1 Å². The van der Waals surface area contributed by atoms with Gasteiger partial charge in [0.05, 0.1) is 16.1 Å². The molecule has 23 heavy (non-hydrogen) atoms. The molecule has 0 atom stereocenters. The lowest BCUT2D eigenvalue weighted by atomic mass is 10.2. The van der Waals surface area contributed by atoms with Gasteiger partial charge in [0.2, 0.25) is 0 Å². The van der Waals surface area contributed by atoms with Crippen LogP contribution in [0.4, 0.5) is 17.6 Å². The maximum atomic E-state index is 13.8. The van der Waals surface area contributed by atoms with E-state index in [1.807, 2.05) is 0 Å². The van der Waals surface area contributed by atoms with Crippen LogP contribution in [-0.2, 0) is 6.18 Å². The third-order valence-corrected chi connectivity index (χ3v) is 3.43. The van der Waals surface area contributed by atoms with Crippen molar-refractivity contribution in [2.24, 2.45) is 0 Å². The highest BCUT2D eigenvalue weighted by Crippen LogP contribution is 2.39. The maximum absolute atomic E-state index is 13.8. The van der Waals surface area contributed by atoms with Crippen LogP contribution in [0.3, 0.4) is 0 Å². The molecule has 0 amide bonds. The Morgan fingerprint density at radius 3 is 2.35 bits per heavy atom. The molecule has 3 nitrogen and oxygen atoms in total. The van der Waals surface area contributed by atoms with E-state index in [4.69, 9.17) is 33.0 Å². The minimum absolute atomic E-state index is 0.286. The molecule has 0 aromatic heterocycles. The maximum Gasteiger partial charge on any atom is 0.417 e. The summed E-state index contributed by atoms with van der Waals surface area (Å²) in [7, 11) is 0. The number of rotatable bonds is 3. The molecule has 1 N–H and O–H groups in total. The van der Waals surface area contributed by atoms with Crippen LogP contribution in [0.25, 0.3) is 0 Å². The van der Waals surface area contributed by atoms with Crippen molar-refractivity contribution in [2.45, 2.75) is 6.18 Å². The smallest absolute Gasteiger partial charge is 0.417 e. The number of hydrogen-bond acceptors (Lipinski definition) is 2. The molecule has 2 rings (SSSR count). The summed E-state index contributed by atoms with van der Waals surface area (Å²) in [5, 5.41) is 7.56. The van der Waals surface area contributed by atoms with Crippen molar-refractivity contribution < 1.29 is 32.2 Å². The summed E-state index contributed by atoms with van der Waals surface area (Å²) in [6.07, 6.45) is -4.70. The monoisotopic (exact) mass is 368 g/mol. The molecule has 0 fully saturated rings. The number of aromatic carboxylic acids is 1. The van der Waals surface area contributed by atoms with E-state index >= 15 is 0 Å². The Bertz CT molecular complexity index is 775. The molecule has 2 aromatic rings. The second-order valence-electron chi connectivity index (χ2n) is 4.29. The molecule has 0 aliphatic rings. The number of hydrogen-bond donors (Lipinski definition) is 1. The number of carbonyl (C=O) groups is 1. The van der Waals surface area contributed by atoms with Crippen molar-refractivity contribution in [1.29, 1.82) is 0 Å². The molecule has 0 radical (unpaired) electrons. The Morgan fingerprint density at radius 2 is 1.78 bits per heavy atom. The Kier molecular flexibility index (Phi) is 4.72. The predicted octanol–water partition coefficient (Wildman–Crippen LogP) is 5.64. The molecule has 0 unspecified atom stereocenters. The van der Waals surface area contributed by atoms with E-state index < -0.39 is 39.1 Å². The Hall–Kier alpha value is -1.99. The summed E-state index contributed by atoms with van der Waals surface area (Å²) < 4.78 is 57.1. The zero-order chi connectivity index (χ0) is 17.4. The van der Waals surface area contributed by atoms with Crippen molar-refractivity contribution >= 4 is 29.2 Å². The van der Waals surface area contributed by atoms with Crippen molar-refractivity contribution in [1.82, 2.24) is 0 Å². The molecule has 0 heterocycles. The Morgan fingerprint density at radius 1 is 1.13 bits per heavy atom. The van der Waals surface area contributed by atoms with Crippen LogP contribution in [0.1, 0.15) is 15.9 Å². The quantitative estimate of drug-likeness (QED) is 0.712. The molecule has 0 saturated carbocycles. The number of benzene rings is 2. The summed E-state index contributed by atoms with van der Waals surface area (Å²) in [4.78, 5) is 10.8. The van der Waals surface area contributed by atoms with Crippen molar-refractivity contribution in [2.75, 3.05) is 0 Å². The molecule has 0 spiro atoms. The average molecular weight is 369 g/mol. The first-order chi connectivity index (χ1) is 10.6. The molecule has 0 aliphatic heterocycles. The van der Waals surface area contributed by atoms with E-state index in [1.165, 1.54) is 0 Å². The van der Waals surface area contributed by atoms with Crippen LogP contribution < -0.4 is 4.74 Å². The lowest BCUT2D eigenvalue weighted by molar-refractivity contribution is -0.137. The van der Waals surface area contributed by atoms with Gasteiger partial charge in [-0.05, 0) is 30.3 Å². The minimum atomic E-state index is -4.70. The van der Waals surface area contributed by atoms with E-state index in [-0.39, 0.29) is 11.5 Å². The summed E-state index contributed by atoms with van der Waals surface area (Å²) >= 11 is 11.1. The van der Waals surface area contributed by atoms with E-state index in [9.17, 15) is 22.4 Å². The number of carboxylic acids is 1. The van der Waals surface area contributed by atoms with E-state index in [0.717, 1.165) is 24.3 Å². The average Bonchev–Trinajstić information content (AvgIpc) is 2.44. The van der Waals surface area contributed by atoms with Gasteiger partial charge in [0.25, 0.3) is 0 Å². The highest BCUT2D eigenvalue weighted by Gasteiger charge is 2.33. The first-order valence-electron chi connectivity index (χ1n) is 5.87. The van der Waals surface area contributed by atoms with Gasteiger partial charge in [-0.25, -0.2) is 9.18 Å². The van der Waals surface area contributed by atoms with Gasteiger partial charge in [-0.3, -0.25) is 0 Å². The van der Waals surface area contributed by atoms with Gasteiger partial charge in [-0.15, -0.1) is 0 Å². The van der Waals surface area contributed by atoms with Gasteiger partial charge in [-0.1, -0.05) is 23.2 Å². The van der Waals surface area contributed by atoms with Crippen LogP contribution in [0.15, 0.2) is 30.3 Å². The molecule has 122 valence electrons. The number of halogens is 6. The highest BCUT2D eigenvalue weighted by molar-refractivity contribution is 6.32. The fourth-order valence-electron chi connectivity index (χ4n) is 1.69. The van der Waals surface area contributed by atoms with Gasteiger partial charge in [0, 0.05) is 0 Å². The van der Waals surface area contributed by atoms with Crippen LogP contribution in [-0.4, -0.2) is 11.1 Å². The third-order valence-electron chi connectivity index (χ3n) is 2.75. The van der Waals surface area contributed by atoms with E-state index in [1.54, 1.807) is 0 Å². The van der Waals surface area contributed by atoms with E-state index in [2.05, 4.69) is 0 Å². The van der Waals surface area contributed by atoms with Gasteiger partial charge in [-0.2, -0.15) is 13.2 Å². The van der Waals surface area contributed by atoms with Gasteiger partial charge in [0.15, 0.2) is 5.82 Å². The fraction of sp³-hybridized carbons (Fsp3) is 0.0714. The summed E-state index contributed by atoms with van der Waals surface area (Å²) in [5.41, 5.74) is -1.81. The predicted molar refractivity (Wildman–Crippen MR) is 74.9 cm³/mol. The lowest BCUT2D eigenvalue weighted by Crippen LogP contribution is -2.06. The zero-order valence-electron chi connectivity index (χ0n) is 10.9. The second kappa shape index (κ2) is 6.25. The van der Waals surface area contributed by atoms with Crippen LogP contribution >= 0.6 is 23.2 Å². The van der Waals surface area contributed by atoms with Crippen molar-refractivity contribution in [3.8, 4) is 11.5 Å². The first kappa shape index (κ1) is 17.4. The van der Waals surface area contributed by atoms with Crippen molar-refractivity contribution in [3.63, 3.8) is 0 Å². The zero-order valence-corrected chi connectivity index (χ0v) is 12.4. The SMILES string of the molecule is O=C(O)c1ccc(Oc2ccc(Cl)c(C(F)(F)F)c2)c(Cl)c1F. The van der Waals surface area contributed by atoms with Gasteiger partial charge in [0.1, 0.15) is 16.5 Å². The topological polar surface area (TPSA) is 46.5 Å². The highest BCUT2D eigenvalue weighted by atomic mass is 35.5. The molecular formula is C14H6Cl2F4O3. The second-order valence-corrected chi connectivity index (χ2v) is 5.07. The summed E-state index contributed by atoms with van der Waals surface area (Å²) in [6, 6.07) is 4.66. The van der Waals surface area contributed by atoms with Crippen LogP contribution in [0.2, 0.25) is 10.0 Å². The van der Waals surface area contributed by atoms with E-state index in [0.29, 0.717) is 6.07 Å². The van der Waals surface area contributed by atoms with Crippen molar-refractivity contribution in [3.05, 3.63) is 57.3 Å². The third kappa shape index (κ3) is 3.68. The molecule has 2 aromatic carbocycles. The normalized spacial score (nSPS) is 11.4. The molecule has 0 saturated heterocycles. The number of ether oxygens (including phenoxy) is 1. The summed E-state index contributed by atoms with van der Waals surface area (Å²) in [6.45, 7) is 0. The molecule has 0 aliphatic carbocycles. The summed E-state index contributed by atoms with van der Waals surface area (Å²) in [5.74, 6) is -3.40. The Labute approximate surface area is 137 Å². The van der Waals surface area contributed by atoms with Crippen LogP contribution in [0.5, 0.6) is 11.5 Å². The van der Waals surface area contributed by atoms with Gasteiger partial charge < -0.3 is 9.84 Å². The molecular weight excluding hydrogens is 363 g/mol. The standard InChI is InChI=1S/C14H6Cl2F4O3/c15-9-3-1-6(5-8(9)14(18,19)20)23-10-4-2-7(13(21)22)12(17)11(10)16/h1-5H,(H,21,22). The Balaban J connectivity index is 2.41. The number of alkyl halides is 3. The number of carboxylic acid groups (broad SMARTS) is 1. The fourth-order valence-corrected chi connectivity index (χ4v) is 2.12. The molecule has 0 bridgehead atoms. The largest absolute Gasteiger partial charge is 0.478 e. The first-order valence-corrected chi connectivity index (χ1v) is 6.62. The minimum Gasteiger partial charge on any atom is -0.478 e.